The Kier molecular flexibility index (Phi) is 4.96. The molecule has 0 radical (unpaired) electrons. The molecule has 0 aliphatic rings. The van der Waals surface area contributed by atoms with E-state index in [1.165, 1.54) is 0 Å². The fraction of sp³-hybridized carbons (Fsp3) is 0.500. The fourth-order valence-corrected chi connectivity index (χ4v) is 2.26. The van der Waals surface area contributed by atoms with E-state index in [2.05, 4.69) is 0 Å². The number of aliphatic hydroxyl groups is 1. The Balaban J connectivity index is 3.25. The summed E-state index contributed by atoms with van der Waals surface area (Å²) in [7, 11) is 3.24. The lowest BCUT2D eigenvalue weighted by Gasteiger charge is -2.16. The van der Waals surface area contributed by atoms with Gasteiger partial charge in [-0.05, 0) is 24.0 Å². The van der Waals surface area contributed by atoms with Crippen LogP contribution in [-0.4, -0.2) is 32.2 Å². The molecule has 0 bridgehead atoms. The van der Waals surface area contributed by atoms with Crippen molar-refractivity contribution in [3.8, 4) is 11.5 Å². The van der Waals surface area contributed by atoms with Crippen LogP contribution in [0.2, 0.25) is 0 Å². The van der Waals surface area contributed by atoms with Crippen molar-refractivity contribution >= 4 is 11.8 Å². The smallest absolute Gasteiger partial charge is 0.161 e. The molecule has 4 heteroatoms. The van der Waals surface area contributed by atoms with Gasteiger partial charge in [-0.25, -0.2) is 0 Å². The van der Waals surface area contributed by atoms with E-state index in [0.29, 0.717) is 5.75 Å². The van der Waals surface area contributed by atoms with Crippen LogP contribution in [-0.2, 0) is 0 Å². The van der Waals surface area contributed by atoms with Crippen LogP contribution in [0.25, 0.3) is 0 Å². The van der Waals surface area contributed by atoms with Gasteiger partial charge in [0.05, 0.1) is 14.2 Å². The van der Waals surface area contributed by atoms with E-state index in [1.54, 1.807) is 26.0 Å². The molecule has 1 unspecified atom stereocenters. The molecule has 1 N–H and O–H groups in total. The van der Waals surface area contributed by atoms with Gasteiger partial charge in [0.15, 0.2) is 11.5 Å². The van der Waals surface area contributed by atoms with Gasteiger partial charge in [0, 0.05) is 17.4 Å². The van der Waals surface area contributed by atoms with E-state index in [4.69, 9.17) is 9.47 Å². The summed E-state index contributed by atoms with van der Waals surface area (Å²) in [5, 5.41) is 9.22. The van der Waals surface area contributed by atoms with E-state index < -0.39 is 0 Å². The van der Waals surface area contributed by atoms with Crippen LogP contribution < -0.4 is 9.47 Å². The number of hydrogen-bond acceptors (Lipinski definition) is 4. The molecule has 1 rings (SSSR count). The average molecular weight is 242 g/mol. The monoisotopic (exact) mass is 242 g/mol. The highest BCUT2D eigenvalue weighted by Crippen LogP contribution is 2.37. The molecule has 3 nitrogen and oxygen atoms in total. The first-order chi connectivity index (χ1) is 7.67. The second-order valence-corrected chi connectivity index (χ2v) is 4.38. The van der Waals surface area contributed by atoms with Crippen molar-refractivity contribution in [1.29, 1.82) is 0 Å². The molecule has 0 fully saturated rings. The lowest BCUT2D eigenvalue weighted by molar-refractivity contribution is 0.271. The Bertz CT molecular complexity index is 352. The van der Waals surface area contributed by atoms with Gasteiger partial charge in [-0.3, -0.25) is 0 Å². The Morgan fingerprint density at radius 1 is 1.25 bits per heavy atom. The van der Waals surface area contributed by atoms with Crippen molar-refractivity contribution in [2.75, 3.05) is 27.1 Å². The third-order valence-corrected chi connectivity index (χ3v) is 3.33. The quantitative estimate of drug-likeness (QED) is 0.805. The summed E-state index contributed by atoms with van der Waals surface area (Å²) in [5.74, 6) is 1.53. The summed E-state index contributed by atoms with van der Waals surface area (Å²) < 4.78 is 10.5. The number of thioether (sulfide) groups is 1. The summed E-state index contributed by atoms with van der Waals surface area (Å²) in [5.41, 5.74) is 1.09. The first kappa shape index (κ1) is 13.2. The Labute approximate surface area is 101 Å². The maximum Gasteiger partial charge on any atom is 0.161 e. The predicted octanol–water partition coefficient (Wildman–Crippen LogP) is 2.52. The lowest BCUT2D eigenvalue weighted by Crippen LogP contribution is -2.02. The first-order valence-electron chi connectivity index (χ1n) is 5.08. The van der Waals surface area contributed by atoms with Crippen molar-refractivity contribution in [1.82, 2.24) is 0 Å². The molecule has 0 aliphatic heterocycles. The molecule has 0 saturated carbocycles. The minimum Gasteiger partial charge on any atom is -0.493 e. The average Bonchev–Trinajstić information content (AvgIpc) is 2.35. The molecule has 0 spiro atoms. The van der Waals surface area contributed by atoms with Crippen LogP contribution in [0.5, 0.6) is 11.5 Å². The minimum absolute atomic E-state index is 0.0993. The van der Waals surface area contributed by atoms with Crippen molar-refractivity contribution in [3.63, 3.8) is 0 Å². The largest absolute Gasteiger partial charge is 0.493 e. The van der Waals surface area contributed by atoms with Gasteiger partial charge >= 0.3 is 0 Å². The molecule has 0 aliphatic carbocycles. The number of rotatable bonds is 5. The highest BCUT2D eigenvalue weighted by atomic mass is 32.2. The third kappa shape index (κ3) is 2.62. The zero-order valence-electron chi connectivity index (χ0n) is 10.1. The number of hydrogen-bond donors (Lipinski definition) is 1. The Morgan fingerprint density at radius 3 is 2.25 bits per heavy atom. The van der Waals surface area contributed by atoms with E-state index in [1.807, 2.05) is 25.3 Å². The number of aliphatic hydroxyl groups excluding tert-OH is 1. The fourth-order valence-electron chi connectivity index (χ4n) is 1.54. The number of methoxy groups -OCH3 is 2. The normalized spacial score (nSPS) is 12.3. The highest BCUT2D eigenvalue weighted by molar-refractivity contribution is 7.98. The van der Waals surface area contributed by atoms with Gasteiger partial charge in [0.25, 0.3) is 0 Å². The summed E-state index contributed by atoms with van der Waals surface area (Å²) in [6, 6.07) is 3.89. The van der Waals surface area contributed by atoms with Gasteiger partial charge in [-0.15, -0.1) is 11.8 Å². The van der Waals surface area contributed by atoms with Crippen LogP contribution in [0, 0.1) is 0 Å². The molecule has 0 amide bonds. The molecule has 16 heavy (non-hydrogen) atoms. The summed E-state index contributed by atoms with van der Waals surface area (Å²) >= 11 is 1.64. The van der Waals surface area contributed by atoms with Crippen LogP contribution in [0.4, 0.5) is 0 Å². The lowest BCUT2D eigenvalue weighted by atomic mass is 10.0. The van der Waals surface area contributed by atoms with Gasteiger partial charge in [0.2, 0.25) is 0 Å². The van der Waals surface area contributed by atoms with E-state index in [0.717, 1.165) is 16.2 Å². The topological polar surface area (TPSA) is 38.7 Å². The van der Waals surface area contributed by atoms with Crippen LogP contribution in [0.3, 0.4) is 0 Å². The maximum absolute atomic E-state index is 9.22. The van der Waals surface area contributed by atoms with E-state index >= 15 is 0 Å². The van der Waals surface area contributed by atoms with Gasteiger partial charge in [0.1, 0.15) is 0 Å². The molecule has 90 valence electrons. The molecule has 0 heterocycles. The Morgan fingerprint density at radius 2 is 1.81 bits per heavy atom. The highest BCUT2D eigenvalue weighted by Gasteiger charge is 2.14. The third-order valence-electron chi connectivity index (χ3n) is 2.54. The van der Waals surface area contributed by atoms with Crippen molar-refractivity contribution in [2.24, 2.45) is 0 Å². The molecule has 0 aromatic heterocycles. The van der Waals surface area contributed by atoms with Crippen molar-refractivity contribution < 1.29 is 14.6 Å². The van der Waals surface area contributed by atoms with Crippen LogP contribution >= 0.6 is 11.8 Å². The maximum atomic E-state index is 9.22. The van der Waals surface area contributed by atoms with Gasteiger partial charge in [-0.2, -0.15) is 0 Å². The second-order valence-electron chi connectivity index (χ2n) is 3.53. The van der Waals surface area contributed by atoms with Crippen LogP contribution in [0.15, 0.2) is 17.0 Å². The van der Waals surface area contributed by atoms with Crippen molar-refractivity contribution in [2.45, 2.75) is 17.7 Å². The summed E-state index contributed by atoms with van der Waals surface area (Å²) in [6.07, 6.45) is 2.01. The van der Waals surface area contributed by atoms with E-state index in [9.17, 15) is 5.11 Å². The number of ether oxygens (including phenoxy) is 2. The number of benzene rings is 1. The molecule has 1 aromatic rings. The molecule has 1 atom stereocenters. The summed E-state index contributed by atoms with van der Waals surface area (Å²) in [6.45, 7) is 2.12. The molecule has 0 saturated heterocycles. The SMILES string of the molecule is COc1cc(SC)c(C(C)CO)cc1OC. The standard InChI is InChI=1S/C12H18O3S/c1-8(7-13)9-5-10(14-2)11(15-3)6-12(9)16-4/h5-6,8,13H,7H2,1-4H3. The Hall–Kier alpha value is -0.870. The second kappa shape index (κ2) is 6.01. The predicted molar refractivity (Wildman–Crippen MR) is 66.8 cm³/mol. The van der Waals surface area contributed by atoms with Crippen molar-refractivity contribution in [3.05, 3.63) is 17.7 Å². The molecular formula is C12H18O3S. The molecule has 1 aromatic carbocycles. The summed E-state index contributed by atoms with van der Waals surface area (Å²) in [4.78, 5) is 1.11. The van der Waals surface area contributed by atoms with Gasteiger partial charge < -0.3 is 14.6 Å². The zero-order valence-corrected chi connectivity index (χ0v) is 10.9. The van der Waals surface area contributed by atoms with E-state index in [-0.39, 0.29) is 12.5 Å². The van der Waals surface area contributed by atoms with Crippen LogP contribution in [0.1, 0.15) is 18.4 Å². The zero-order chi connectivity index (χ0) is 12.1. The first-order valence-corrected chi connectivity index (χ1v) is 6.31. The minimum atomic E-state index is 0.0993. The van der Waals surface area contributed by atoms with Gasteiger partial charge in [-0.1, -0.05) is 6.92 Å². The molecular weight excluding hydrogens is 224 g/mol.